The Morgan fingerprint density at radius 1 is 1.05 bits per heavy atom. The molecule has 0 spiro atoms. The summed E-state index contributed by atoms with van der Waals surface area (Å²) in [6.45, 7) is 6.99. The van der Waals surface area contributed by atoms with E-state index in [1.807, 2.05) is 0 Å². The molecule has 1 aliphatic heterocycles. The highest BCUT2D eigenvalue weighted by molar-refractivity contribution is 6.00. The van der Waals surface area contributed by atoms with Crippen LogP contribution in [0.4, 0.5) is 0 Å². The number of likely N-dealkylation sites (N-methyl/N-ethyl adjacent to an activating group) is 1. The van der Waals surface area contributed by atoms with Gasteiger partial charge in [0.1, 0.15) is 0 Å². The van der Waals surface area contributed by atoms with Crippen molar-refractivity contribution in [3.05, 3.63) is 0 Å². The second-order valence-corrected chi connectivity index (χ2v) is 7.82. The van der Waals surface area contributed by atoms with Gasteiger partial charge in [-0.05, 0) is 43.4 Å². The van der Waals surface area contributed by atoms with Crippen molar-refractivity contribution in [2.45, 2.75) is 77.8 Å². The monoisotopic (exact) mass is 294 g/mol. The van der Waals surface area contributed by atoms with Gasteiger partial charge in [-0.3, -0.25) is 14.5 Å². The smallest absolute Gasteiger partial charge is 0.246 e. The van der Waals surface area contributed by atoms with Crippen LogP contribution in [0.3, 0.4) is 0 Å². The highest BCUT2D eigenvalue weighted by atomic mass is 16.2. The topological polar surface area (TPSA) is 49.4 Å². The predicted molar refractivity (Wildman–Crippen MR) is 83.8 cm³/mol. The summed E-state index contributed by atoms with van der Waals surface area (Å²) in [6, 6.07) is 0.261. The summed E-state index contributed by atoms with van der Waals surface area (Å²) in [5, 5.41) is 3.53. The highest BCUT2D eigenvalue weighted by Crippen LogP contribution is 2.37. The highest BCUT2D eigenvalue weighted by Gasteiger charge is 2.34. The fraction of sp³-hybridized carbons (Fsp3) is 0.882. The fourth-order valence-electron chi connectivity index (χ4n) is 3.69. The summed E-state index contributed by atoms with van der Waals surface area (Å²) in [5.41, 5.74) is 0.377. The minimum absolute atomic E-state index is 0.0493. The van der Waals surface area contributed by atoms with Crippen molar-refractivity contribution >= 4 is 11.8 Å². The number of amides is 2. The molecule has 1 N–H and O–H groups in total. The van der Waals surface area contributed by atoms with Crippen LogP contribution in [0, 0.1) is 11.3 Å². The van der Waals surface area contributed by atoms with Gasteiger partial charge < -0.3 is 5.32 Å². The van der Waals surface area contributed by atoms with Crippen LogP contribution < -0.4 is 5.32 Å². The third-order valence-electron chi connectivity index (χ3n) is 5.28. The molecule has 1 heterocycles. The molecule has 4 nitrogen and oxygen atoms in total. The van der Waals surface area contributed by atoms with E-state index in [0.717, 1.165) is 18.8 Å². The van der Waals surface area contributed by atoms with Gasteiger partial charge in [-0.2, -0.15) is 0 Å². The van der Waals surface area contributed by atoms with E-state index < -0.39 is 0 Å². The number of rotatable bonds is 2. The molecule has 2 fully saturated rings. The number of carbonyl (C=O) groups excluding carboxylic acids is 2. The molecule has 2 amide bonds. The first kappa shape index (κ1) is 16.5. The van der Waals surface area contributed by atoms with Crippen LogP contribution in [0.1, 0.15) is 65.7 Å². The average molecular weight is 294 g/mol. The number of nitrogens with zero attached hydrogens (tertiary/aromatic N) is 1. The van der Waals surface area contributed by atoms with Crippen LogP contribution in [-0.4, -0.2) is 35.8 Å². The Hall–Kier alpha value is -0.900. The van der Waals surface area contributed by atoms with Gasteiger partial charge in [0.15, 0.2) is 0 Å². The van der Waals surface area contributed by atoms with E-state index in [2.05, 4.69) is 26.1 Å². The van der Waals surface area contributed by atoms with E-state index in [4.69, 9.17) is 0 Å². The van der Waals surface area contributed by atoms with Crippen LogP contribution in [0.25, 0.3) is 0 Å². The lowest BCUT2D eigenvalue weighted by Crippen LogP contribution is -2.53. The normalized spacial score (nSPS) is 32.2. The van der Waals surface area contributed by atoms with E-state index in [-0.39, 0.29) is 17.9 Å². The molecule has 4 heteroatoms. The zero-order valence-corrected chi connectivity index (χ0v) is 13.9. The maximum atomic E-state index is 12.2. The van der Waals surface area contributed by atoms with Crippen LogP contribution in [-0.2, 0) is 9.59 Å². The van der Waals surface area contributed by atoms with E-state index in [1.165, 1.54) is 24.2 Å². The summed E-state index contributed by atoms with van der Waals surface area (Å²) >= 11 is 0. The second kappa shape index (κ2) is 6.47. The van der Waals surface area contributed by atoms with Gasteiger partial charge in [0, 0.05) is 19.5 Å². The van der Waals surface area contributed by atoms with Crippen molar-refractivity contribution in [1.82, 2.24) is 10.2 Å². The zero-order valence-electron chi connectivity index (χ0n) is 13.9. The Balaban J connectivity index is 1.89. The summed E-state index contributed by atoms with van der Waals surface area (Å²) < 4.78 is 0. The van der Waals surface area contributed by atoms with Gasteiger partial charge in [-0.25, -0.2) is 0 Å². The molecule has 0 bridgehead atoms. The number of carbonyl (C=O) groups is 2. The van der Waals surface area contributed by atoms with Gasteiger partial charge >= 0.3 is 0 Å². The molecule has 3 atom stereocenters. The van der Waals surface area contributed by atoms with Crippen molar-refractivity contribution < 1.29 is 9.59 Å². The summed E-state index contributed by atoms with van der Waals surface area (Å²) in [6.07, 6.45) is 7.18. The molecule has 0 aromatic rings. The van der Waals surface area contributed by atoms with Gasteiger partial charge in [0.25, 0.3) is 0 Å². The first-order valence-corrected chi connectivity index (χ1v) is 8.35. The van der Waals surface area contributed by atoms with Gasteiger partial charge in [-0.1, -0.05) is 27.2 Å². The first-order valence-electron chi connectivity index (χ1n) is 8.35. The molecule has 1 saturated heterocycles. The number of imide groups is 1. The molecular weight excluding hydrogens is 264 g/mol. The number of likely N-dealkylation sites (tertiary alicyclic amines) is 1. The number of piperidine rings is 1. The Bertz CT molecular complexity index is 400. The van der Waals surface area contributed by atoms with Crippen LogP contribution in [0.2, 0.25) is 0 Å². The molecule has 0 aromatic heterocycles. The van der Waals surface area contributed by atoms with Crippen LogP contribution in [0.5, 0.6) is 0 Å². The van der Waals surface area contributed by atoms with Crippen molar-refractivity contribution in [2.75, 3.05) is 7.05 Å². The Kier molecular flexibility index (Phi) is 5.07. The Morgan fingerprint density at radius 2 is 1.76 bits per heavy atom. The standard InChI is InChI=1S/C17H30N2O2/c1-17(2,3)12-6-5-7-13(9-8-12)18-14-10-11-15(20)19(4)16(14)21/h12-14,18H,5-11H2,1-4H3. The number of hydrogen-bond donors (Lipinski definition) is 1. The molecule has 120 valence electrons. The Labute approximate surface area is 128 Å². The lowest BCUT2D eigenvalue weighted by Gasteiger charge is -2.32. The van der Waals surface area contributed by atoms with Crippen molar-refractivity contribution in [3.8, 4) is 0 Å². The molecule has 2 rings (SSSR count). The van der Waals surface area contributed by atoms with Gasteiger partial charge in [0.05, 0.1) is 6.04 Å². The largest absolute Gasteiger partial charge is 0.303 e. The van der Waals surface area contributed by atoms with E-state index in [0.29, 0.717) is 24.3 Å². The first-order chi connectivity index (χ1) is 9.79. The molecule has 1 saturated carbocycles. The van der Waals surface area contributed by atoms with Crippen molar-refractivity contribution in [3.63, 3.8) is 0 Å². The minimum Gasteiger partial charge on any atom is -0.303 e. The van der Waals surface area contributed by atoms with Crippen molar-refractivity contribution in [2.24, 2.45) is 11.3 Å². The SMILES string of the molecule is CN1C(=O)CCC(NC2CCCC(C(C)(C)C)CC2)C1=O. The minimum atomic E-state index is -0.163. The summed E-state index contributed by atoms with van der Waals surface area (Å²) in [7, 11) is 1.60. The van der Waals surface area contributed by atoms with Crippen LogP contribution >= 0.6 is 0 Å². The Morgan fingerprint density at radius 3 is 2.43 bits per heavy atom. The van der Waals surface area contributed by atoms with Crippen LogP contribution in [0.15, 0.2) is 0 Å². The van der Waals surface area contributed by atoms with Gasteiger partial charge in [-0.15, -0.1) is 0 Å². The molecule has 2 aliphatic rings. The molecule has 0 aromatic carbocycles. The molecule has 0 radical (unpaired) electrons. The number of hydrogen-bond acceptors (Lipinski definition) is 3. The summed E-state index contributed by atoms with van der Waals surface area (Å²) in [4.78, 5) is 25.0. The quantitative estimate of drug-likeness (QED) is 0.629. The second-order valence-electron chi connectivity index (χ2n) is 7.82. The third kappa shape index (κ3) is 4.06. The zero-order chi connectivity index (χ0) is 15.6. The molecule has 21 heavy (non-hydrogen) atoms. The lowest BCUT2D eigenvalue weighted by atomic mass is 9.76. The summed E-state index contributed by atoms with van der Waals surface area (Å²) in [5.74, 6) is 0.671. The molecular formula is C17H30N2O2. The van der Waals surface area contributed by atoms with E-state index in [9.17, 15) is 9.59 Å². The van der Waals surface area contributed by atoms with Gasteiger partial charge in [0.2, 0.25) is 11.8 Å². The third-order valence-corrected chi connectivity index (χ3v) is 5.28. The lowest BCUT2D eigenvalue weighted by molar-refractivity contribution is -0.148. The number of nitrogens with one attached hydrogen (secondary N) is 1. The maximum Gasteiger partial charge on any atom is 0.246 e. The van der Waals surface area contributed by atoms with E-state index >= 15 is 0 Å². The molecule has 3 unspecified atom stereocenters. The van der Waals surface area contributed by atoms with Crippen molar-refractivity contribution in [1.29, 1.82) is 0 Å². The average Bonchev–Trinajstić information content (AvgIpc) is 2.65. The maximum absolute atomic E-state index is 12.2. The predicted octanol–water partition coefficient (Wildman–Crippen LogP) is 2.72. The van der Waals surface area contributed by atoms with E-state index in [1.54, 1.807) is 7.05 Å². The molecule has 1 aliphatic carbocycles. The fourth-order valence-corrected chi connectivity index (χ4v) is 3.69.